The van der Waals surface area contributed by atoms with Crippen LogP contribution in [0.4, 0.5) is 0 Å². The Morgan fingerprint density at radius 2 is 1.74 bits per heavy atom. The summed E-state index contributed by atoms with van der Waals surface area (Å²) in [6.07, 6.45) is 0.588. The van der Waals surface area contributed by atoms with E-state index in [4.69, 9.17) is 23.8 Å². The molecule has 31 heavy (non-hydrogen) atoms. The maximum Gasteiger partial charge on any atom is 0.259 e. The van der Waals surface area contributed by atoms with Crippen molar-refractivity contribution in [1.29, 1.82) is 5.26 Å². The van der Waals surface area contributed by atoms with Crippen molar-refractivity contribution >= 4 is 30.1 Å². The number of benzene rings is 1. The van der Waals surface area contributed by atoms with Gasteiger partial charge in [-0.05, 0) is 53.7 Å². The van der Waals surface area contributed by atoms with Gasteiger partial charge in [0.2, 0.25) is 0 Å². The minimum Gasteiger partial charge on any atom is -0.497 e. The van der Waals surface area contributed by atoms with Crippen molar-refractivity contribution in [2.24, 2.45) is 0 Å². The Morgan fingerprint density at radius 3 is 2.16 bits per heavy atom. The first-order valence-electron chi connectivity index (χ1n) is 10.4. The molecule has 0 spiro atoms. The molecule has 1 aliphatic rings. The van der Waals surface area contributed by atoms with E-state index in [1.807, 2.05) is 45.9 Å². The predicted molar refractivity (Wildman–Crippen MR) is 134 cm³/mol. The molecule has 2 atom stereocenters. The second-order valence-electron chi connectivity index (χ2n) is 8.00. The van der Waals surface area contributed by atoms with Crippen molar-refractivity contribution in [3.05, 3.63) is 24.3 Å². The first kappa shape index (κ1) is 28.4. The Bertz CT molecular complexity index is 658. The molecule has 0 aliphatic carbocycles. The fraction of sp³-hybridized carbons (Fsp3) is 0.682. The molecule has 9 heteroatoms. The molecule has 0 radical (unpaired) electrons. The third kappa shape index (κ3) is 9.77. The van der Waals surface area contributed by atoms with Crippen LogP contribution in [0, 0.1) is 11.3 Å². The van der Waals surface area contributed by atoms with E-state index in [0.29, 0.717) is 25.1 Å². The van der Waals surface area contributed by atoms with Crippen LogP contribution in [-0.2, 0) is 9.05 Å². The number of nitrogens with zero attached hydrogens (tertiary/aromatic N) is 2. The maximum absolute atomic E-state index is 8.72. The number of nitriles is 1. The van der Waals surface area contributed by atoms with E-state index in [9.17, 15) is 0 Å². The molecule has 0 amide bonds. The highest BCUT2D eigenvalue weighted by molar-refractivity contribution is 8.77. The highest BCUT2D eigenvalue weighted by Gasteiger charge is 2.41. The van der Waals surface area contributed by atoms with Crippen molar-refractivity contribution in [3.63, 3.8) is 0 Å². The summed E-state index contributed by atoms with van der Waals surface area (Å²) in [6, 6.07) is 10.3. The smallest absolute Gasteiger partial charge is 0.259 e. The molecule has 0 bridgehead atoms. The Hall–Kier alpha value is -0.680. The fourth-order valence-corrected chi connectivity index (χ4v) is 7.96. The van der Waals surface area contributed by atoms with E-state index < -0.39 is 8.53 Å². The fourth-order valence-electron chi connectivity index (χ4n) is 2.79. The van der Waals surface area contributed by atoms with Gasteiger partial charge >= 0.3 is 0 Å². The number of hydrogen-bond donors (Lipinski definition) is 0. The van der Waals surface area contributed by atoms with Crippen LogP contribution >= 0.6 is 30.1 Å². The standard InChI is InChI=1S/C14H27N2O2PS2.C8H10O2/c1-11(2)16(12(3)4)19(17-9-7-8-15)18-13-10-20-21-14(13,5)6;1-9-7-4-3-5-8(6-7)10-2/h11-13H,7,9-10H2,1-6H3;3-6H,1-2H3. The third-order valence-electron chi connectivity index (χ3n) is 4.43. The Labute approximate surface area is 197 Å². The highest BCUT2D eigenvalue weighted by atomic mass is 33.1. The number of hydrogen-bond acceptors (Lipinski definition) is 8. The first-order valence-corrected chi connectivity index (χ1v) is 13.8. The van der Waals surface area contributed by atoms with Crippen LogP contribution in [0.25, 0.3) is 0 Å². The summed E-state index contributed by atoms with van der Waals surface area (Å²) in [5.74, 6) is 2.63. The molecule has 1 fully saturated rings. The zero-order valence-corrected chi connectivity index (χ0v) is 22.5. The van der Waals surface area contributed by atoms with E-state index in [2.05, 4.69) is 52.3 Å². The van der Waals surface area contributed by atoms with E-state index in [1.54, 1.807) is 14.2 Å². The van der Waals surface area contributed by atoms with Crippen molar-refractivity contribution in [2.75, 3.05) is 26.6 Å². The van der Waals surface area contributed by atoms with Crippen molar-refractivity contribution in [3.8, 4) is 17.6 Å². The minimum atomic E-state index is -1.13. The van der Waals surface area contributed by atoms with Crippen LogP contribution in [0.15, 0.2) is 24.3 Å². The second-order valence-corrected chi connectivity index (χ2v) is 12.4. The van der Waals surface area contributed by atoms with Gasteiger partial charge in [-0.15, -0.1) is 0 Å². The van der Waals surface area contributed by atoms with Gasteiger partial charge in [-0.2, -0.15) is 5.26 Å². The largest absolute Gasteiger partial charge is 0.497 e. The van der Waals surface area contributed by atoms with Gasteiger partial charge in [-0.25, -0.2) is 4.67 Å². The van der Waals surface area contributed by atoms with E-state index >= 15 is 0 Å². The van der Waals surface area contributed by atoms with Gasteiger partial charge in [0.15, 0.2) is 0 Å². The number of methoxy groups -OCH3 is 2. The van der Waals surface area contributed by atoms with Crippen LogP contribution in [0.2, 0.25) is 0 Å². The lowest BCUT2D eigenvalue weighted by atomic mass is 10.1. The van der Waals surface area contributed by atoms with Gasteiger partial charge in [0.25, 0.3) is 8.53 Å². The molecular weight excluding hydrogens is 451 g/mol. The van der Waals surface area contributed by atoms with Crippen molar-refractivity contribution < 1.29 is 18.5 Å². The SMILES string of the molecule is CC(C)N(C(C)C)P(OCCC#N)OC1CSSC1(C)C.COc1cccc(OC)c1. The lowest BCUT2D eigenvalue weighted by molar-refractivity contribution is 0.129. The average molecular weight is 489 g/mol. The van der Waals surface area contributed by atoms with Crippen LogP contribution in [0.5, 0.6) is 11.5 Å². The lowest BCUT2D eigenvalue weighted by Gasteiger charge is -2.38. The van der Waals surface area contributed by atoms with E-state index in [0.717, 1.165) is 17.3 Å². The lowest BCUT2D eigenvalue weighted by Crippen LogP contribution is -2.38. The first-order chi connectivity index (χ1) is 14.7. The Balaban J connectivity index is 0.000000399. The van der Waals surface area contributed by atoms with E-state index in [-0.39, 0.29) is 10.9 Å². The van der Waals surface area contributed by atoms with Crippen LogP contribution in [-0.4, -0.2) is 54.2 Å². The molecule has 1 saturated heterocycles. The summed E-state index contributed by atoms with van der Waals surface area (Å²) >= 11 is 0. The minimum absolute atomic E-state index is 0.101. The average Bonchev–Trinajstić information content (AvgIpc) is 3.05. The molecule has 1 aromatic rings. The van der Waals surface area contributed by atoms with Crippen LogP contribution in [0.1, 0.15) is 48.0 Å². The normalized spacial score (nSPS) is 18.5. The van der Waals surface area contributed by atoms with Crippen LogP contribution < -0.4 is 9.47 Å². The zero-order valence-electron chi connectivity index (χ0n) is 20.0. The Morgan fingerprint density at radius 1 is 1.16 bits per heavy atom. The molecule has 0 saturated carbocycles. The van der Waals surface area contributed by atoms with Crippen LogP contribution in [0.3, 0.4) is 0 Å². The molecule has 1 heterocycles. The van der Waals surface area contributed by atoms with E-state index in [1.165, 1.54) is 0 Å². The quantitative estimate of drug-likeness (QED) is 0.209. The van der Waals surface area contributed by atoms with Gasteiger partial charge in [0, 0.05) is 28.6 Å². The second kappa shape index (κ2) is 14.5. The van der Waals surface area contributed by atoms with Gasteiger partial charge in [-0.1, -0.05) is 27.7 Å². The third-order valence-corrected chi connectivity index (χ3v) is 9.86. The Kier molecular flexibility index (Phi) is 13.2. The predicted octanol–water partition coefficient (Wildman–Crippen LogP) is 6.52. The van der Waals surface area contributed by atoms with Gasteiger partial charge in [-0.3, -0.25) is 0 Å². The molecule has 2 unspecified atom stereocenters. The number of ether oxygens (including phenoxy) is 2. The summed E-state index contributed by atoms with van der Waals surface area (Å²) in [6.45, 7) is 13.5. The van der Waals surface area contributed by atoms with Gasteiger partial charge in [0.05, 0.1) is 39.4 Å². The molecule has 1 aliphatic heterocycles. The molecule has 6 nitrogen and oxygen atoms in total. The van der Waals surface area contributed by atoms with Gasteiger partial charge < -0.3 is 18.5 Å². The van der Waals surface area contributed by atoms with Gasteiger partial charge in [0.1, 0.15) is 11.5 Å². The molecule has 0 aromatic heterocycles. The molecule has 0 N–H and O–H groups in total. The summed E-state index contributed by atoms with van der Waals surface area (Å²) in [5, 5.41) is 8.72. The molecule has 1 aromatic carbocycles. The topological polar surface area (TPSA) is 64.0 Å². The monoisotopic (exact) mass is 488 g/mol. The summed E-state index contributed by atoms with van der Waals surface area (Å²) in [4.78, 5) is 0. The number of rotatable bonds is 10. The highest BCUT2D eigenvalue weighted by Crippen LogP contribution is 2.55. The summed E-state index contributed by atoms with van der Waals surface area (Å²) < 4.78 is 24.7. The maximum atomic E-state index is 8.72. The summed E-state index contributed by atoms with van der Waals surface area (Å²) in [5.41, 5.74) is 0. The molecule has 176 valence electrons. The molecular formula is C22H37N2O4PS2. The van der Waals surface area contributed by atoms with Crippen molar-refractivity contribution in [2.45, 2.75) is 70.9 Å². The molecule has 2 rings (SSSR count). The zero-order chi connectivity index (χ0) is 23.4. The summed E-state index contributed by atoms with van der Waals surface area (Å²) in [7, 11) is 5.88. The van der Waals surface area contributed by atoms with Crippen molar-refractivity contribution in [1.82, 2.24) is 4.67 Å².